The average Bonchev–Trinajstić information content (AvgIpc) is 2.01. The average molecular weight is 172 g/mol. The van der Waals surface area contributed by atoms with E-state index in [0.717, 1.165) is 0 Å². The van der Waals surface area contributed by atoms with Gasteiger partial charge in [-0.1, -0.05) is 0 Å². The zero-order chi connectivity index (χ0) is 9.61. The molecule has 0 aromatic rings. The molecular formula is C7H14N3O2+. The van der Waals surface area contributed by atoms with Crippen LogP contribution in [0.1, 0.15) is 20.8 Å². The van der Waals surface area contributed by atoms with Crippen LogP contribution in [0.4, 0.5) is 0 Å². The number of hydrogen-bond donors (Lipinski definition) is 0. The fourth-order valence-electron chi connectivity index (χ4n) is 0.505. The third kappa shape index (κ3) is 3.25. The highest BCUT2D eigenvalue weighted by atomic mass is 16.5. The van der Waals surface area contributed by atoms with Crippen LogP contribution in [0.2, 0.25) is 0 Å². The van der Waals surface area contributed by atoms with Gasteiger partial charge < -0.3 is 4.74 Å². The Morgan fingerprint density at radius 1 is 1.58 bits per heavy atom. The van der Waals surface area contributed by atoms with Gasteiger partial charge in [0.2, 0.25) is 10.5 Å². The number of nitrogens with zero attached hydrogens (tertiary/aromatic N) is 3. The molecule has 0 N–H and O–H groups in total. The molecule has 12 heavy (non-hydrogen) atoms. The van der Waals surface area contributed by atoms with Crippen LogP contribution in [0.3, 0.4) is 0 Å². The highest BCUT2D eigenvalue weighted by Crippen LogP contribution is 2.09. The minimum absolute atomic E-state index is 0.348. The molecule has 0 fully saturated rings. The minimum atomic E-state index is -0.935. The predicted molar refractivity (Wildman–Crippen MR) is 43.6 cm³/mol. The molecule has 0 saturated heterocycles. The number of esters is 1. The van der Waals surface area contributed by atoms with Crippen molar-refractivity contribution < 1.29 is 9.53 Å². The molecule has 0 saturated carbocycles. The van der Waals surface area contributed by atoms with Gasteiger partial charge in [-0.3, -0.25) is 0 Å². The van der Waals surface area contributed by atoms with Crippen molar-refractivity contribution in [3.63, 3.8) is 0 Å². The van der Waals surface area contributed by atoms with E-state index in [1.807, 2.05) is 0 Å². The number of ether oxygens (including phenoxy) is 1. The Bertz CT molecular complexity index is 217. The first-order valence-electron chi connectivity index (χ1n) is 3.72. The molecule has 0 atom stereocenters. The normalized spacial score (nSPS) is 10.0. The van der Waals surface area contributed by atoms with E-state index in [1.165, 1.54) is 7.05 Å². The summed E-state index contributed by atoms with van der Waals surface area (Å²) < 4.78 is 4.77. The van der Waals surface area contributed by atoms with Crippen molar-refractivity contribution in [3.8, 4) is 0 Å². The molecule has 0 heterocycles. The molecule has 5 nitrogen and oxygen atoms in total. The third-order valence-corrected chi connectivity index (χ3v) is 1.16. The minimum Gasteiger partial charge on any atom is -0.464 e. The summed E-state index contributed by atoms with van der Waals surface area (Å²) >= 11 is 0. The van der Waals surface area contributed by atoms with Crippen molar-refractivity contribution in [2.24, 2.45) is 10.2 Å². The fourth-order valence-corrected chi connectivity index (χ4v) is 0.505. The maximum absolute atomic E-state index is 11.2. The third-order valence-electron chi connectivity index (χ3n) is 1.16. The van der Waals surface area contributed by atoms with Crippen molar-refractivity contribution in [3.05, 3.63) is 0 Å². The first-order chi connectivity index (χ1) is 5.54. The second-order valence-corrected chi connectivity index (χ2v) is 2.67. The van der Waals surface area contributed by atoms with Crippen LogP contribution in [-0.4, -0.2) is 25.2 Å². The molecule has 0 unspecified atom stereocenters. The molecule has 0 aliphatic heterocycles. The molecule has 0 spiro atoms. The van der Waals surface area contributed by atoms with Gasteiger partial charge in [0, 0.05) is 0 Å². The Hall–Kier alpha value is -1.22. The summed E-state index contributed by atoms with van der Waals surface area (Å²) in [6, 6.07) is 0. The molecule has 0 amide bonds. The zero-order valence-electron chi connectivity index (χ0n) is 7.87. The van der Waals surface area contributed by atoms with Crippen LogP contribution >= 0.6 is 0 Å². The Kier molecular flexibility index (Phi) is 4.15. The lowest BCUT2D eigenvalue weighted by molar-refractivity contribution is -0.148. The largest absolute Gasteiger partial charge is 0.464 e. The van der Waals surface area contributed by atoms with E-state index >= 15 is 0 Å². The first-order valence-corrected chi connectivity index (χ1v) is 3.72. The molecule has 0 bridgehead atoms. The monoisotopic (exact) mass is 172 g/mol. The van der Waals surface area contributed by atoms with Gasteiger partial charge in [-0.15, -0.1) is 0 Å². The highest BCUT2D eigenvalue weighted by Gasteiger charge is 2.34. The number of carbonyl (C=O) groups excluding carboxylic acids is 1. The molecule has 0 rings (SSSR count). The standard InChI is InChI=1S/C7H14N3O2/c1-5-12-6(11)7(2,3)9-10-8-4/h5H2,1-4H3/q+1. The number of rotatable bonds is 3. The molecule has 0 aliphatic rings. The van der Waals surface area contributed by atoms with Gasteiger partial charge in [0.05, 0.1) is 6.61 Å². The maximum atomic E-state index is 11.2. The number of carbonyl (C=O) groups is 1. The quantitative estimate of drug-likeness (QED) is 0.361. The maximum Gasteiger partial charge on any atom is 0.341 e. The van der Waals surface area contributed by atoms with Gasteiger partial charge in [0.1, 0.15) is 17.3 Å². The Morgan fingerprint density at radius 3 is 2.58 bits per heavy atom. The lowest BCUT2D eigenvalue weighted by atomic mass is 10.1. The van der Waals surface area contributed by atoms with E-state index in [1.54, 1.807) is 20.8 Å². The van der Waals surface area contributed by atoms with Gasteiger partial charge in [-0.05, 0) is 20.8 Å². The van der Waals surface area contributed by atoms with Crippen molar-refractivity contribution in [2.45, 2.75) is 26.3 Å². The van der Waals surface area contributed by atoms with Crippen molar-refractivity contribution >= 4 is 5.97 Å². The van der Waals surface area contributed by atoms with E-state index < -0.39 is 11.5 Å². The van der Waals surface area contributed by atoms with Crippen LogP contribution < -0.4 is 4.91 Å². The highest BCUT2D eigenvalue weighted by molar-refractivity contribution is 5.79. The Balaban J connectivity index is 4.39. The second-order valence-electron chi connectivity index (χ2n) is 2.67. The summed E-state index contributed by atoms with van der Waals surface area (Å²) in [5.41, 5.74) is -0.935. The molecule has 68 valence electrons. The Morgan fingerprint density at radius 2 is 2.17 bits per heavy atom. The van der Waals surface area contributed by atoms with Crippen LogP contribution in [0.5, 0.6) is 0 Å². The van der Waals surface area contributed by atoms with Crippen LogP contribution in [0.25, 0.3) is 0 Å². The lowest BCUT2D eigenvalue weighted by Gasteiger charge is -2.08. The first kappa shape index (κ1) is 10.8. The summed E-state index contributed by atoms with van der Waals surface area (Å²) in [5, 5.41) is 7.09. The SMILES string of the molecule is CCOC(=O)C(C)(C)N=[N+]=NC. The lowest BCUT2D eigenvalue weighted by Crippen LogP contribution is -2.31. The van der Waals surface area contributed by atoms with Gasteiger partial charge in [-0.2, -0.15) is 0 Å². The fraction of sp³-hybridized carbons (Fsp3) is 0.857. The van der Waals surface area contributed by atoms with Crippen LogP contribution in [-0.2, 0) is 9.53 Å². The van der Waals surface area contributed by atoms with E-state index in [0.29, 0.717) is 6.61 Å². The van der Waals surface area contributed by atoms with Gasteiger partial charge in [0.15, 0.2) is 0 Å². The molecule has 0 radical (unpaired) electrons. The van der Waals surface area contributed by atoms with E-state index in [9.17, 15) is 4.79 Å². The van der Waals surface area contributed by atoms with Gasteiger partial charge in [-0.25, -0.2) is 4.79 Å². The van der Waals surface area contributed by atoms with E-state index in [2.05, 4.69) is 15.1 Å². The summed E-state index contributed by atoms with van der Waals surface area (Å²) in [6.07, 6.45) is 0. The summed E-state index contributed by atoms with van der Waals surface area (Å²) in [6.45, 7) is 5.34. The van der Waals surface area contributed by atoms with E-state index in [-0.39, 0.29) is 0 Å². The van der Waals surface area contributed by atoms with E-state index in [4.69, 9.17) is 4.74 Å². The van der Waals surface area contributed by atoms with Crippen LogP contribution in [0, 0.1) is 0 Å². The van der Waals surface area contributed by atoms with Crippen molar-refractivity contribution in [1.29, 1.82) is 0 Å². The van der Waals surface area contributed by atoms with Crippen molar-refractivity contribution in [1.82, 2.24) is 4.91 Å². The van der Waals surface area contributed by atoms with Crippen molar-refractivity contribution in [2.75, 3.05) is 13.7 Å². The zero-order valence-corrected chi connectivity index (χ0v) is 7.87. The molecule has 0 aromatic carbocycles. The summed E-state index contributed by atoms with van der Waals surface area (Å²) in [7, 11) is 1.49. The summed E-state index contributed by atoms with van der Waals surface area (Å²) in [5.74, 6) is -0.391. The number of hydrogen-bond acceptors (Lipinski definition) is 4. The topological polar surface area (TPSA) is 65.1 Å². The predicted octanol–water partition coefficient (Wildman–Crippen LogP) is 0.929. The second kappa shape index (κ2) is 4.62. The summed E-state index contributed by atoms with van der Waals surface area (Å²) in [4.78, 5) is 14.5. The molecule has 5 heteroatoms. The molecule has 0 aliphatic carbocycles. The molecule has 0 aromatic heterocycles. The Labute approximate surface area is 71.5 Å². The van der Waals surface area contributed by atoms with Crippen LogP contribution in [0.15, 0.2) is 10.2 Å². The van der Waals surface area contributed by atoms with Gasteiger partial charge in [0.25, 0.3) is 0 Å². The smallest absolute Gasteiger partial charge is 0.341 e. The molecular weight excluding hydrogens is 158 g/mol. The van der Waals surface area contributed by atoms with Gasteiger partial charge >= 0.3 is 5.97 Å².